The molecule has 0 radical (unpaired) electrons. The van der Waals surface area contributed by atoms with Crippen molar-refractivity contribution in [3.05, 3.63) is 18.2 Å². The SMILES string of the molecule is CCOC(=O)N1CCC(NCCn2ccnc2C)C1. The van der Waals surface area contributed by atoms with Gasteiger partial charge in [-0.3, -0.25) is 0 Å². The summed E-state index contributed by atoms with van der Waals surface area (Å²) in [6, 6.07) is 0.369. The van der Waals surface area contributed by atoms with E-state index in [0.29, 0.717) is 12.6 Å². The zero-order chi connectivity index (χ0) is 13.7. The van der Waals surface area contributed by atoms with Crippen molar-refractivity contribution in [2.24, 2.45) is 0 Å². The molecule has 1 saturated heterocycles. The molecule has 2 rings (SSSR count). The van der Waals surface area contributed by atoms with Gasteiger partial charge in [0.25, 0.3) is 0 Å². The number of carbonyl (C=O) groups is 1. The maximum absolute atomic E-state index is 11.6. The van der Waals surface area contributed by atoms with Crippen molar-refractivity contribution < 1.29 is 9.53 Å². The summed E-state index contributed by atoms with van der Waals surface area (Å²) >= 11 is 0. The first kappa shape index (κ1) is 13.9. The summed E-state index contributed by atoms with van der Waals surface area (Å²) in [6.45, 7) is 7.57. The summed E-state index contributed by atoms with van der Waals surface area (Å²) in [5.41, 5.74) is 0. The Balaban J connectivity index is 1.68. The van der Waals surface area contributed by atoms with Crippen LogP contribution in [0, 0.1) is 6.92 Å². The first-order valence-electron chi connectivity index (χ1n) is 6.83. The lowest BCUT2D eigenvalue weighted by molar-refractivity contribution is 0.115. The molecule has 0 spiro atoms. The highest BCUT2D eigenvalue weighted by atomic mass is 16.6. The molecule has 1 aromatic rings. The van der Waals surface area contributed by atoms with Crippen molar-refractivity contribution in [3.8, 4) is 0 Å². The van der Waals surface area contributed by atoms with Crippen LogP contribution in [0.2, 0.25) is 0 Å². The normalized spacial score (nSPS) is 18.8. The summed E-state index contributed by atoms with van der Waals surface area (Å²) in [5, 5.41) is 3.48. The van der Waals surface area contributed by atoms with Gasteiger partial charge in [0.15, 0.2) is 0 Å². The molecule has 6 heteroatoms. The maximum Gasteiger partial charge on any atom is 0.409 e. The lowest BCUT2D eigenvalue weighted by Crippen LogP contribution is -2.36. The van der Waals surface area contributed by atoms with Crippen LogP contribution in [0.25, 0.3) is 0 Å². The second kappa shape index (κ2) is 6.56. The highest BCUT2D eigenvalue weighted by Crippen LogP contribution is 2.10. The van der Waals surface area contributed by atoms with E-state index < -0.39 is 0 Å². The van der Waals surface area contributed by atoms with E-state index >= 15 is 0 Å². The molecule has 1 aliphatic heterocycles. The third-order valence-corrected chi connectivity index (χ3v) is 3.42. The van der Waals surface area contributed by atoms with Gasteiger partial charge in [0.05, 0.1) is 6.61 Å². The summed E-state index contributed by atoms with van der Waals surface area (Å²) in [7, 11) is 0. The van der Waals surface area contributed by atoms with Gasteiger partial charge in [0.1, 0.15) is 5.82 Å². The van der Waals surface area contributed by atoms with Crippen molar-refractivity contribution in [2.45, 2.75) is 32.9 Å². The number of imidazole rings is 1. The highest BCUT2D eigenvalue weighted by Gasteiger charge is 2.26. The predicted octanol–water partition coefficient (Wildman–Crippen LogP) is 1.01. The van der Waals surface area contributed by atoms with Crippen LogP contribution in [-0.2, 0) is 11.3 Å². The molecular formula is C13H22N4O2. The van der Waals surface area contributed by atoms with Crippen molar-refractivity contribution in [2.75, 3.05) is 26.2 Å². The van der Waals surface area contributed by atoms with Crippen LogP contribution in [-0.4, -0.2) is 52.8 Å². The van der Waals surface area contributed by atoms with E-state index in [0.717, 1.165) is 38.4 Å². The van der Waals surface area contributed by atoms with Crippen LogP contribution in [0.3, 0.4) is 0 Å². The van der Waals surface area contributed by atoms with Crippen LogP contribution in [0.5, 0.6) is 0 Å². The van der Waals surface area contributed by atoms with Gasteiger partial charge in [-0.05, 0) is 20.3 Å². The van der Waals surface area contributed by atoms with Gasteiger partial charge < -0.3 is 19.5 Å². The quantitative estimate of drug-likeness (QED) is 0.864. The fourth-order valence-electron chi connectivity index (χ4n) is 2.34. The molecule has 1 atom stereocenters. The summed E-state index contributed by atoms with van der Waals surface area (Å²) < 4.78 is 7.12. The molecule has 0 aliphatic carbocycles. The number of aryl methyl sites for hydroxylation is 1. The Morgan fingerprint density at radius 3 is 3.16 bits per heavy atom. The fourth-order valence-corrected chi connectivity index (χ4v) is 2.34. The number of nitrogens with one attached hydrogen (secondary N) is 1. The van der Waals surface area contributed by atoms with E-state index in [2.05, 4.69) is 14.9 Å². The smallest absolute Gasteiger partial charge is 0.409 e. The number of nitrogens with zero attached hydrogens (tertiary/aromatic N) is 3. The number of rotatable bonds is 5. The Hall–Kier alpha value is -1.56. The molecule has 1 aliphatic rings. The molecule has 0 aromatic carbocycles. The molecule has 1 unspecified atom stereocenters. The van der Waals surface area contributed by atoms with E-state index in [4.69, 9.17) is 4.74 Å². The largest absolute Gasteiger partial charge is 0.450 e. The Morgan fingerprint density at radius 2 is 2.47 bits per heavy atom. The van der Waals surface area contributed by atoms with Gasteiger partial charge in [-0.25, -0.2) is 9.78 Å². The van der Waals surface area contributed by atoms with E-state index in [1.54, 1.807) is 4.90 Å². The van der Waals surface area contributed by atoms with Crippen LogP contribution in [0.15, 0.2) is 12.4 Å². The molecule has 2 heterocycles. The molecule has 1 aromatic heterocycles. The van der Waals surface area contributed by atoms with Gasteiger partial charge in [0, 0.05) is 44.6 Å². The molecule has 0 saturated carbocycles. The standard InChI is InChI=1S/C13H22N4O2/c1-3-19-13(18)17-7-4-12(10-17)15-6-9-16-8-5-14-11(16)2/h5,8,12,15H,3-4,6-7,9-10H2,1-2H3. The van der Waals surface area contributed by atoms with Gasteiger partial charge in [-0.15, -0.1) is 0 Å². The number of carbonyl (C=O) groups excluding carboxylic acids is 1. The molecular weight excluding hydrogens is 244 g/mol. The third-order valence-electron chi connectivity index (χ3n) is 3.42. The van der Waals surface area contributed by atoms with Crippen LogP contribution >= 0.6 is 0 Å². The number of hydrogen-bond donors (Lipinski definition) is 1. The van der Waals surface area contributed by atoms with E-state index in [9.17, 15) is 4.79 Å². The molecule has 1 fully saturated rings. The third kappa shape index (κ3) is 3.70. The van der Waals surface area contributed by atoms with Crippen molar-refractivity contribution in [1.82, 2.24) is 19.8 Å². The minimum atomic E-state index is -0.197. The molecule has 1 amide bonds. The van der Waals surface area contributed by atoms with Gasteiger partial charge >= 0.3 is 6.09 Å². The Morgan fingerprint density at radius 1 is 1.63 bits per heavy atom. The average Bonchev–Trinajstić information content (AvgIpc) is 3.00. The minimum Gasteiger partial charge on any atom is -0.450 e. The number of amides is 1. The maximum atomic E-state index is 11.6. The first-order chi connectivity index (χ1) is 9.20. The minimum absolute atomic E-state index is 0.197. The van der Waals surface area contributed by atoms with Gasteiger partial charge in [-0.1, -0.05) is 0 Å². The molecule has 6 nitrogen and oxygen atoms in total. The molecule has 1 N–H and O–H groups in total. The Kier molecular flexibility index (Phi) is 4.79. The lowest BCUT2D eigenvalue weighted by Gasteiger charge is -2.16. The van der Waals surface area contributed by atoms with Crippen molar-refractivity contribution in [1.29, 1.82) is 0 Å². The number of aromatic nitrogens is 2. The first-order valence-corrected chi connectivity index (χ1v) is 6.83. The average molecular weight is 266 g/mol. The lowest BCUT2D eigenvalue weighted by atomic mass is 10.2. The van der Waals surface area contributed by atoms with E-state index in [1.807, 2.05) is 26.2 Å². The van der Waals surface area contributed by atoms with Crippen LogP contribution in [0.4, 0.5) is 4.79 Å². The van der Waals surface area contributed by atoms with E-state index in [-0.39, 0.29) is 6.09 Å². The molecule has 106 valence electrons. The summed E-state index contributed by atoms with van der Waals surface area (Å²) in [6.07, 6.45) is 4.59. The second-order valence-corrected chi connectivity index (χ2v) is 4.75. The molecule has 0 bridgehead atoms. The van der Waals surface area contributed by atoms with Crippen molar-refractivity contribution in [3.63, 3.8) is 0 Å². The molecule has 19 heavy (non-hydrogen) atoms. The number of ether oxygens (including phenoxy) is 1. The number of likely N-dealkylation sites (tertiary alicyclic amines) is 1. The van der Waals surface area contributed by atoms with Crippen LogP contribution < -0.4 is 5.32 Å². The van der Waals surface area contributed by atoms with Crippen molar-refractivity contribution >= 4 is 6.09 Å². The Bertz CT molecular complexity index is 419. The van der Waals surface area contributed by atoms with E-state index in [1.165, 1.54) is 0 Å². The Labute approximate surface area is 113 Å². The highest BCUT2D eigenvalue weighted by molar-refractivity contribution is 5.68. The zero-order valence-electron chi connectivity index (χ0n) is 11.6. The zero-order valence-corrected chi connectivity index (χ0v) is 11.6. The van der Waals surface area contributed by atoms with Gasteiger partial charge in [-0.2, -0.15) is 0 Å². The summed E-state index contributed by atoms with van der Waals surface area (Å²) in [5.74, 6) is 1.03. The van der Waals surface area contributed by atoms with Crippen LogP contribution in [0.1, 0.15) is 19.2 Å². The van der Waals surface area contributed by atoms with Gasteiger partial charge in [0.2, 0.25) is 0 Å². The second-order valence-electron chi connectivity index (χ2n) is 4.75. The summed E-state index contributed by atoms with van der Waals surface area (Å²) in [4.78, 5) is 17.5. The topological polar surface area (TPSA) is 59.4 Å². The predicted molar refractivity (Wildman–Crippen MR) is 72.0 cm³/mol. The fraction of sp³-hybridized carbons (Fsp3) is 0.692. The monoisotopic (exact) mass is 266 g/mol. The number of hydrogen-bond acceptors (Lipinski definition) is 4.